The Labute approximate surface area is 287 Å². The third-order valence-electron chi connectivity index (χ3n) is 9.99. The molecule has 9 aromatic rings. The highest BCUT2D eigenvalue weighted by Gasteiger charge is 2.19. The molecular weight excluding hydrogens is 591 g/mol. The Balaban J connectivity index is 1.17. The number of fused-ring (bicyclic) bond motifs is 4. The Bertz CT molecular complexity index is 2530. The maximum atomic E-state index is 2.46. The Morgan fingerprint density at radius 1 is 0.367 bits per heavy atom. The van der Waals surface area contributed by atoms with Gasteiger partial charge in [-0.05, 0) is 86.5 Å². The normalized spacial score (nSPS) is 12.1. The molecule has 0 aliphatic carbocycles. The van der Waals surface area contributed by atoms with Crippen LogP contribution in [0, 0.1) is 0 Å². The third-order valence-corrected chi connectivity index (χ3v) is 9.99. The molecule has 0 saturated carbocycles. The number of hydrogen-bond acceptors (Lipinski definition) is 0. The first-order chi connectivity index (χ1) is 24.3. The first kappa shape index (κ1) is 29.0. The molecule has 0 bridgehead atoms. The van der Waals surface area contributed by atoms with Gasteiger partial charge in [-0.25, -0.2) is 0 Å². The zero-order valence-electron chi connectivity index (χ0n) is 27.2. The average Bonchev–Trinajstić information content (AvgIpc) is 3.49. The first-order valence-electron chi connectivity index (χ1n) is 17.1. The van der Waals surface area contributed by atoms with E-state index in [0.29, 0.717) is 0 Å². The highest BCUT2D eigenvalue weighted by Crippen LogP contribution is 2.38. The molecule has 8 aromatic carbocycles. The van der Waals surface area contributed by atoms with E-state index in [0.717, 1.165) is 6.42 Å². The highest BCUT2D eigenvalue weighted by atomic mass is 15.0. The molecule has 0 N–H and O–H groups in total. The van der Waals surface area contributed by atoms with Crippen LogP contribution in [-0.2, 0) is 6.42 Å². The molecule has 0 fully saturated rings. The second-order valence-corrected chi connectivity index (χ2v) is 13.0. The van der Waals surface area contributed by atoms with Gasteiger partial charge >= 0.3 is 0 Å². The van der Waals surface area contributed by atoms with Crippen molar-refractivity contribution in [2.75, 3.05) is 0 Å². The summed E-state index contributed by atoms with van der Waals surface area (Å²) in [6.45, 7) is 0. The molecule has 232 valence electrons. The largest absolute Gasteiger partial charge is 0.309 e. The molecule has 1 unspecified atom stereocenters. The van der Waals surface area contributed by atoms with Crippen LogP contribution in [0.1, 0.15) is 22.6 Å². The zero-order chi connectivity index (χ0) is 32.6. The monoisotopic (exact) mass is 625 g/mol. The topological polar surface area (TPSA) is 4.93 Å². The van der Waals surface area contributed by atoms with Gasteiger partial charge in [0.1, 0.15) is 0 Å². The summed E-state index contributed by atoms with van der Waals surface area (Å²) in [5, 5.41) is 5.08. The summed E-state index contributed by atoms with van der Waals surface area (Å²) in [4.78, 5) is 0. The summed E-state index contributed by atoms with van der Waals surface area (Å²) in [6, 6.07) is 70.9. The molecule has 1 nitrogen and oxygen atoms in total. The maximum absolute atomic E-state index is 2.46. The summed E-state index contributed by atoms with van der Waals surface area (Å²) in [6.07, 6.45) is 0.904. The summed E-state index contributed by atoms with van der Waals surface area (Å²) in [5.41, 5.74) is 12.6. The number of nitrogens with zero attached hydrogens (tertiary/aromatic N) is 1. The van der Waals surface area contributed by atoms with Gasteiger partial charge in [-0.2, -0.15) is 0 Å². The molecule has 1 heterocycles. The van der Waals surface area contributed by atoms with E-state index >= 15 is 0 Å². The van der Waals surface area contributed by atoms with Crippen LogP contribution in [0.4, 0.5) is 0 Å². The van der Waals surface area contributed by atoms with Crippen LogP contribution in [0.5, 0.6) is 0 Å². The Hall–Kier alpha value is -6.18. The van der Waals surface area contributed by atoms with Crippen molar-refractivity contribution in [3.8, 4) is 27.9 Å². The van der Waals surface area contributed by atoms with Crippen LogP contribution >= 0.6 is 0 Å². The molecule has 49 heavy (non-hydrogen) atoms. The smallest absolute Gasteiger partial charge is 0.0547 e. The fraction of sp³-hybridized carbons (Fsp3) is 0.0417. The van der Waals surface area contributed by atoms with E-state index in [1.54, 1.807) is 0 Å². The van der Waals surface area contributed by atoms with Gasteiger partial charge < -0.3 is 4.57 Å². The first-order valence-corrected chi connectivity index (χ1v) is 17.1. The van der Waals surface area contributed by atoms with E-state index in [1.807, 2.05) is 0 Å². The lowest BCUT2D eigenvalue weighted by Crippen LogP contribution is -2.05. The lowest BCUT2D eigenvalue weighted by molar-refractivity contribution is 0.806. The molecular formula is C48H35N. The van der Waals surface area contributed by atoms with E-state index < -0.39 is 0 Å². The number of aromatic nitrogens is 1. The highest BCUT2D eigenvalue weighted by molar-refractivity contribution is 6.13. The van der Waals surface area contributed by atoms with Crippen LogP contribution in [0.2, 0.25) is 0 Å². The van der Waals surface area contributed by atoms with Crippen molar-refractivity contribution in [2.45, 2.75) is 12.3 Å². The van der Waals surface area contributed by atoms with E-state index in [9.17, 15) is 0 Å². The van der Waals surface area contributed by atoms with Crippen molar-refractivity contribution >= 4 is 32.6 Å². The minimum Gasteiger partial charge on any atom is -0.309 e. The van der Waals surface area contributed by atoms with Crippen LogP contribution in [-0.4, -0.2) is 4.57 Å². The summed E-state index contributed by atoms with van der Waals surface area (Å²) >= 11 is 0. The van der Waals surface area contributed by atoms with Crippen molar-refractivity contribution in [3.05, 3.63) is 211 Å². The van der Waals surface area contributed by atoms with Crippen molar-refractivity contribution in [1.29, 1.82) is 0 Å². The van der Waals surface area contributed by atoms with E-state index in [2.05, 4.69) is 199 Å². The Morgan fingerprint density at radius 2 is 0.857 bits per heavy atom. The Morgan fingerprint density at radius 3 is 1.49 bits per heavy atom. The van der Waals surface area contributed by atoms with Gasteiger partial charge in [-0.1, -0.05) is 164 Å². The lowest BCUT2D eigenvalue weighted by Gasteiger charge is -2.19. The molecule has 0 radical (unpaired) electrons. The van der Waals surface area contributed by atoms with E-state index in [4.69, 9.17) is 0 Å². The van der Waals surface area contributed by atoms with Gasteiger partial charge in [0.05, 0.1) is 11.0 Å². The molecule has 0 spiro atoms. The fourth-order valence-electron chi connectivity index (χ4n) is 7.48. The van der Waals surface area contributed by atoms with Crippen molar-refractivity contribution in [3.63, 3.8) is 0 Å². The number of benzene rings is 8. The van der Waals surface area contributed by atoms with Crippen molar-refractivity contribution in [2.24, 2.45) is 0 Å². The van der Waals surface area contributed by atoms with Crippen LogP contribution < -0.4 is 0 Å². The molecule has 0 aliphatic rings. The van der Waals surface area contributed by atoms with Gasteiger partial charge in [0.25, 0.3) is 0 Å². The van der Waals surface area contributed by atoms with Crippen molar-refractivity contribution in [1.82, 2.24) is 4.57 Å². The molecule has 0 saturated heterocycles. The molecule has 0 amide bonds. The lowest BCUT2D eigenvalue weighted by atomic mass is 9.85. The van der Waals surface area contributed by atoms with Gasteiger partial charge in [0, 0.05) is 22.4 Å². The molecule has 1 aromatic heterocycles. The minimum atomic E-state index is 0.231. The molecule has 0 aliphatic heterocycles. The maximum Gasteiger partial charge on any atom is 0.0547 e. The van der Waals surface area contributed by atoms with Crippen LogP contribution in [0.3, 0.4) is 0 Å². The third kappa shape index (κ3) is 5.50. The number of hydrogen-bond donors (Lipinski definition) is 0. The molecule has 1 heteroatoms. The zero-order valence-corrected chi connectivity index (χ0v) is 27.2. The van der Waals surface area contributed by atoms with E-state index in [1.165, 1.54) is 77.2 Å². The minimum absolute atomic E-state index is 0.231. The van der Waals surface area contributed by atoms with Gasteiger partial charge in [0.2, 0.25) is 0 Å². The summed E-state index contributed by atoms with van der Waals surface area (Å²) in [5.74, 6) is 0.231. The van der Waals surface area contributed by atoms with Gasteiger partial charge in [0.15, 0.2) is 0 Å². The predicted molar refractivity (Wildman–Crippen MR) is 208 cm³/mol. The Kier molecular flexibility index (Phi) is 7.37. The quantitative estimate of drug-likeness (QED) is 0.166. The second-order valence-electron chi connectivity index (χ2n) is 13.0. The SMILES string of the molecule is c1ccc(-c2ccc(C(Cc3ccc4c5cc6ccccc6cc5n(-c5ccc(-c6ccccc6)cc5)c4c3)c3ccccc3)cc2)cc1. The van der Waals surface area contributed by atoms with Crippen molar-refractivity contribution < 1.29 is 0 Å². The summed E-state index contributed by atoms with van der Waals surface area (Å²) in [7, 11) is 0. The van der Waals surface area contributed by atoms with Crippen LogP contribution in [0.25, 0.3) is 60.5 Å². The standard InChI is InChI=1S/C48H35N/c1-4-12-35(13-5-1)37-21-23-40(24-22-37)45(39-16-8-3-9-17-39)30-34-20-29-44-46-32-41-18-10-11-19-42(41)33-48(46)49(47(44)31-34)43-27-25-38(26-28-43)36-14-6-2-7-15-36/h1-29,31-33,45H,30H2. The van der Waals surface area contributed by atoms with Crippen LogP contribution in [0.15, 0.2) is 194 Å². The van der Waals surface area contributed by atoms with Gasteiger partial charge in [-0.15, -0.1) is 0 Å². The second kappa shape index (κ2) is 12.4. The fourth-order valence-corrected chi connectivity index (χ4v) is 7.48. The van der Waals surface area contributed by atoms with Gasteiger partial charge in [-0.3, -0.25) is 0 Å². The molecule has 1 atom stereocenters. The summed E-state index contributed by atoms with van der Waals surface area (Å²) < 4.78 is 2.46. The molecule has 9 rings (SSSR count). The number of rotatable bonds is 7. The average molecular weight is 626 g/mol. The predicted octanol–water partition coefficient (Wildman–Crippen LogP) is 12.6. The van der Waals surface area contributed by atoms with E-state index in [-0.39, 0.29) is 5.92 Å².